The van der Waals surface area contributed by atoms with E-state index in [2.05, 4.69) is 16.3 Å². The highest BCUT2D eigenvalue weighted by atomic mass is 16.2. The highest BCUT2D eigenvalue weighted by Crippen LogP contribution is 2.34. The van der Waals surface area contributed by atoms with Crippen LogP contribution in [0, 0.1) is 6.92 Å². The predicted molar refractivity (Wildman–Crippen MR) is 160 cm³/mol. The number of carbonyl (C=O) groups excluding carboxylic acids is 1. The van der Waals surface area contributed by atoms with Gasteiger partial charge >= 0.3 is 0 Å². The first-order valence-corrected chi connectivity index (χ1v) is 13.0. The summed E-state index contributed by atoms with van der Waals surface area (Å²) in [5.41, 5.74) is 5.06. The Morgan fingerprint density at radius 2 is 1.67 bits per heavy atom. The minimum atomic E-state index is -0.475. The van der Waals surface area contributed by atoms with Crippen LogP contribution in [0.3, 0.4) is 0 Å². The molecule has 0 unspecified atom stereocenters. The van der Waals surface area contributed by atoms with Gasteiger partial charge in [-0.3, -0.25) is 9.59 Å². The first kappa shape index (κ1) is 27.8. The molecule has 4 aromatic rings. The van der Waals surface area contributed by atoms with Crippen molar-refractivity contribution in [1.29, 1.82) is 0 Å². The third-order valence-corrected chi connectivity index (χ3v) is 6.48. The van der Waals surface area contributed by atoms with Gasteiger partial charge in [0.25, 0.3) is 11.5 Å². The molecule has 3 aromatic carbocycles. The minimum Gasteiger partial charge on any atom is -0.336 e. The van der Waals surface area contributed by atoms with Crippen LogP contribution in [0.15, 0.2) is 83.8 Å². The van der Waals surface area contributed by atoms with E-state index >= 15 is 0 Å². The summed E-state index contributed by atoms with van der Waals surface area (Å²) in [6, 6.07) is 23.1. The van der Waals surface area contributed by atoms with Gasteiger partial charge < -0.3 is 19.7 Å². The van der Waals surface area contributed by atoms with Crippen molar-refractivity contribution in [3.8, 4) is 11.3 Å². The molecule has 0 fully saturated rings. The fourth-order valence-electron chi connectivity index (χ4n) is 4.70. The van der Waals surface area contributed by atoms with E-state index in [1.807, 2.05) is 113 Å². The third kappa shape index (κ3) is 6.26. The van der Waals surface area contributed by atoms with Crippen LogP contribution in [-0.2, 0) is 13.6 Å². The molecule has 0 atom stereocenters. The van der Waals surface area contributed by atoms with Gasteiger partial charge in [0.2, 0.25) is 0 Å². The van der Waals surface area contributed by atoms with Gasteiger partial charge in [0.15, 0.2) is 5.82 Å². The Morgan fingerprint density at radius 3 is 2.33 bits per heavy atom. The van der Waals surface area contributed by atoms with Gasteiger partial charge in [-0.1, -0.05) is 42.5 Å². The van der Waals surface area contributed by atoms with Gasteiger partial charge in [-0.2, -0.15) is 0 Å². The van der Waals surface area contributed by atoms with E-state index in [4.69, 9.17) is 4.98 Å². The molecular weight excluding hydrogens is 486 g/mol. The van der Waals surface area contributed by atoms with Crippen LogP contribution in [0.25, 0.3) is 11.3 Å². The number of carbonyl (C=O) groups is 1. The Bertz CT molecular complexity index is 1530. The maximum Gasteiger partial charge on any atom is 0.293 e. The van der Waals surface area contributed by atoms with Crippen LogP contribution in [0.4, 0.5) is 17.2 Å². The Morgan fingerprint density at radius 1 is 0.974 bits per heavy atom. The zero-order valence-corrected chi connectivity index (χ0v) is 23.8. The highest BCUT2D eigenvalue weighted by Gasteiger charge is 2.30. The Balaban J connectivity index is 1.77. The molecule has 1 amide bonds. The fourth-order valence-corrected chi connectivity index (χ4v) is 4.70. The minimum absolute atomic E-state index is 0.0725. The molecule has 0 aliphatic rings. The van der Waals surface area contributed by atoms with E-state index in [1.165, 1.54) is 4.57 Å². The number of amides is 1. The molecule has 0 aliphatic heterocycles. The molecule has 39 heavy (non-hydrogen) atoms. The van der Waals surface area contributed by atoms with Crippen LogP contribution in [0.1, 0.15) is 42.3 Å². The summed E-state index contributed by atoms with van der Waals surface area (Å²) in [7, 11) is 5.76. The number of benzene rings is 3. The Labute approximate surface area is 230 Å². The smallest absolute Gasteiger partial charge is 0.293 e. The van der Waals surface area contributed by atoms with Crippen LogP contribution in [0.2, 0.25) is 0 Å². The summed E-state index contributed by atoms with van der Waals surface area (Å²) < 4.78 is 1.54. The van der Waals surface area contributed by atoms with Crippen molar-refractivity contribution in [3.63, 3.8) is 0 Å². The normalized spacial score (nSPS) is 11.5. The van der Waals surface area contributed by atoms with Gasteiger partial charge in [0.05, 0.1) is 5.69 Å². The van der Waals surface area contributed by atoms with Gasteiger partial charge in [0.1, 0.15) is 0 Å². The topological polar surface area (TPSA) is 70.5 Å². The molecule has 1 N–H and O–H groups in total. The molecule has 0 saturated carbocycles. The monoisotopic (exact) mass is 523 g/mol. The maximum absolute atomic E-state index is 13.7. The van der Waals surface area contributed by atoms with Crippen molar-refractivity contribution in [3.05, 3.63) is 106 Å². The lowest BCUT2D eigenvalue weighted by molar-refractivity contribution is 0.0965. The van der Waals surface area contributed by atoms with Crippen molar-refractivity contribution in [2.75, 3.05) is 24.3 Å². The van der Waals surface area contributed by atoms with E-state index < -0.39 is 5.54 Å². The summed E-state index contributed by atoms with van der Waals surface area (Å²) in [6.45, 7) is 8.86. The fraction of sp³-hybridized carbons (Fsp3) is 0.281. The van der Waals surface area contributed by atoms with E-state index in [1.54, 1.807) is 13.2 Å². The molecule has 0 saturated heterocycles. The van der Waals surface area contributed by atoms with Gasteiger partial charge in [0, 0.05) is 47.8 Å². The molecule has 0 spiro atoms. The number of aryl methyl sites for hydroxylation is 1. The second kappa shape index (κ2) is 11.3. The first-order chi connectivity index (χ1) is 18.5. The van der Waals surface area contributed by atoms with Gasteiger partial charge in [-0.05, 0) is 83.2 Å². The number of anilines is 3. The van der Waals surface area contributed by atoms with Crippen molar-refractivity contribution in [2.24, 2.45) is 7.05 Å². The number of nitrogens with zero attached hydrogens (tertiary/aromatic N) is 4. The summed E-state index contributed by atoms with van der Waals surface area (Å²) in [6.07, 6.45) is 1.74. The van der Waals surface area contributed by atoms with Crippen molar-refractivity contribution < 1.29 is 4.79 Å². The number of nitrogens with one attached hydrogen (secondary N) is 1. The molecule has 202 valence electrons. The van der Waals surface area contributed by atoms with E-state index in [-0.39, 0.29) is 17.3 Å². The van der Waals surface area contributed by atoms with Crippen LogP contribution in [0.5, 0.6) is 0 Å². The molecule has 0 bridgehead atoms. The molecule has 0 radical (unpaired) electrons. The zero-order chi connectivity index (χ0) is 28.3. The maximum atomic E-state index is 13.7. The number of hydrogen-bond acceptors (Lipinski definition) is 5. The Hall–Kier alpha value is -4.23. The lowest BCUT2D eigenvalue weighted by atomic mass is 9.97. The first-order valence-electron chi connectivity index (χ1n) is 13.0. The molecule has 4 rings (SSSR count). The van der Waals surface area contributed by atoms with Crippen molar-refractivity contribution in [1.82, 2.24) is 14.5 Å². The van der Waals surface area contributed by atoms with Crippen molar-refractivity contribution >= 4 is 23.1 Å². The quantitative estimate of drug-likeness (QED) is 0.321. The summed E-state index contributed by atoms with van der Waals surface area (Å²) in [4.78, 5) is 35.4. The van der Waals surface area contributed by atoms with Crippen LogP contribution >= 0.6 is 0 Å². The van der Waals surface area contributed by atoms with Crippen LogP contribution < -0.4 is 15.8 Å². The summed E-state index contributed by atoms with van der Waals surface area (Å²) in [5, 5.41) is 3.23. The summed E-state index contributed by atoms with van der Waals surface area (Å²) in [5.74, 6) is 0.173. The largest absolute Gasteiger partial charge is 0.336 e. The SMILES string of the molecule is Cc1c(-c2cn(C)c(=O)c(Nc3cccc(CN(C)C)c3)n2)cccc1N(C(=O)c1ccccc1)C(C)(C)C. The second-order valence-corrected chi connectivity index (χ2v) is 11.1. The second-order valence-electron chi connectivity index (χ2n) is 11.1. The average molecular weight is 524 g/mol. The zero-order valence-electron chi connectivity index (χ0n) is 23.8. The van der Waals surface area contributed by atoms with E-state index in [0.29, 0.717) is 11.3 Å². The molecule has 0 aliphatic carbocycles. The van der Waals surface area contributed by atoms with Gasteiger partial charge in [-0.15, -0.1) is 0 Å². The molecule has 1 aromatic heterocycles. The molecule has 7 heteroatoms. The predicted octanol–water partition coefficient (Wildman–Crippen LogP) is 6.01. The number of hydrogen-bond donors (Lipinski definition) is 1. The highest BCUT2D eigenvalue weighted by molar-refractivity contribution is 6.07. The lowest BCUT2D eigenvalue weighted by Gasteiger charge is -2.37. The lowest BCUT2D eigenvalue weighted by Crippen LogP contribution is -2.46. The van der Waals surface area contributed by atoms with Crippen molar-refractivity contribution in [2.45, 2.75) is 39.8 Å². The molecular formula is C32H37N5O2. The molecule has 7 nitrogen and oxygen atoms in total. The third-order valence-electron chi connectivity index (χ3n) is 6.48. The number of rotatable bonds is 7. The summed E-state index contributed by atoms with van der Waals surface area (Å²) >= 11 is 0. The Kier molecular flexibility index (Phi) is 8.02. The van der Waals surface area contributed by atoms with Crippen LogP contribution in [-0.4, -0.2) is 40.0 Å². The van der Waals surface area contributed by atoms with E-state index in [0.717, 1.165) is 34.6 Å². The molecule has 1 heterocycles. The van der Waals surface area contributed by atoms with Gasteiger partial charge in [-0.25, -0.2) is 4.98 Å². The average Bonchev–Trinajstić information content (AvgIpc) is 2.87. The standard InChI is InChI=1S/C32H37N5O2/c1-22-26(17-12-18-28(22)37(32(2,3)4)30(38)24-14-9-8-10-15-24)27-21-36(7)31(39)29(34-27)33-25-16-11-13-23(19-25)20-35(5)6/h8-19,21H,20H2,1-7H3,(H,33,34). The van der Waals surface area contributed by atoms with E-state index in [9.17, 15) is 9.59 Å². The number of aromatic nitrogens is 2.